The van der Waals surface area contributed by atoms with Crippen molar-refractivity contribution >= 4 is 33.2 Å². The van der Waals surface area contributed by atoms with Crippen LogP contribution in [0, 0.1) is 5.41 Å². The van der Waals surface area contributed by atoms with Gasteiger partial charge < -0.3 is 4.74 Å². The summed E-state index contributed by atoms with van der Waals surface area (Å²) in [5, 5.41) is 4.91. The van der Waals surface area contributed by atoms with E-state index in [1.54, 1.807) is 0 Å². The van der Waals surface area contributed by atoms with Crippen LogP contribution in [0.3, 0.4) is 0 Å². The number of primary sulfonamides is 1. The Bertz CT molecular complexity index is 960. The van der Waals surface area contributed by atoms with Crippen molar-refractivity contribution in [2.24, 2.45) is 16.3 Å². The Morgan fingerprint density at radius 2 is 1.72 bits per heavy atom. The van der Waals surface area contributed by atoms with Crippen LogP contribution in [0.2, 0.25) is 10.0 Å². The van der Waals surface area contributed by atoms with Gasteiger partial charge >= 0.3 is 0 Å². The van der Waals surface area contributed by atoms with Gasteiger partial charge in [-0.15, -0.1) is 0 Å². The fourth-order valence-corrected chi connectivity index (χ4v) is 4.54. The summed E-state index contributed by atoms with van der Waals surface area (Å²) < 4.78 is 29.2. The maximum Gasteiger partial charge on any atom is 0.239 e. The number of benzene rings is 2. The highest BCUT2D eigenvalue weighted by molar-refractivity contribution is 7.89. The Hall–Kier alpha value is -1.31. The van der Waals surface area contributed by atoms with Gasteiger partial charge in [-0.05, 0) is 24.1 Å². The molecule has 0 spiro atoms. The fraction of sp³-hybridized carbons (Fsp3) is 0.294. The van der Waals surface area contributed by atoms with Crippen molar-refractivity contribution in [1.29, 1.82) is 0 Å². The van der Waals surface area contributed by atoms with Gasteiger partial charge in [0.15, 0.2) is 5.72 Å². The number of ether oxygens (including phenoxy) is 1. The SMILES string of the molecule is CC1(C)Cc2ccccc2C1(N)Oc1ccc(S(N)(=O)=O)c(Cl)c1Cl. The lowest BCUT2D eigenvalue weighted by atomic mass is 9.82. The van der Waals surface area contributed by atoms with E-state index >= 15 is 0 Å². The standard InChI is InChI=1S/C17H18Cl2N2O3S/c1-16(2)9-10-5-3-4-6-11(10)17(16,20)24-12-7-8-13(25(21,22)23)15(19)14(12)18/h3-8H,9,20H2,1-2H3,(H2,21,22,23). The first-order chi connectivity index (χ1) is 11.5. The molecule has 5 nitrogen and oxygen atoms in total. The van der Waals surface area contributed by atoms with Crippen molar-refractivity contribution < 1.29 is 13.2 Å². The molecular weight excluding hydrogens is 383 g/mol. The van der Waals surface area contributed by atoms with Crippen molar-refractivity contribution in [3.05, 3.63) is 57.6 Å². The number of rotatable bonds is 3. The van der Waals surface area contributed by atoms with Gasteiger partial charge in [-0.3, -0.25) is 5.73 Å². The Kier molecular flexibility index (Phi) is 4.33. The van der Waals surface area contributed by atoms with E-state index in [4.69, 9.17) is 38.8 Å². The third-order valence-electron chi connectivity index (χ3n) is 4.64. The quantitative estimate of drug-likeness (QED) is 0.771. The molecule has 2 aromatic rings. The van der Waals surface area contributed by atoms with Crippen LogP contribution in [0.4, 0.5) is 0 Å². The van der Waals surface area contributed by atoms with E-state index in [-0.39, 0.29) is 20.7 Å². The summed E-state index contributed by atoms with van der Waals surface area (Å²) in [6, 6.07) is 10.4. The molecule has 0 heterocycles. The molecule has 0 saturated heterocycles. The number of halogens is 2. The van der Waals surface area contributed by atoms with Crippen molar-refractivity contribution in [3.63, 3.8) is 0 Å². The summed E-state index contributed by atoms with van der Waals surface area (Å²) in [5.41, 5.74) is 7.06. The normalized spacial score (nSPS) is 21.8. The van der Waals surface area contributed by atoms with Gasteiger partial charge in [-0.2, -0.15) is 0 Å². The van der Waals surface area contributed by atoms with Crippen LogP contribution in [0.1, 0.15) is 25.0 Å². The first-order valence-electron chi connectivity index (χ1n) is 7.54. The molecule has 0 fully saturated rings. The molecule has 0 radical (unpaired) electrons. The molecule has 0 aromatic heterocycles. The molecule has 3 rings (SSSR count). The number of hydrogen-bond donors (Lipinski definition) is 2. The largest absolute Gasteiger partial charge is 0.467 e. The second-order valence-electron chi connectivity index (χ2n) is 6.79. The van der Waals surface area contributed by atoms with Crippen LogP contribution in [0.5, 0.6) is 5.75 Å². The zero-order valence-electron chi connectivity index (χ0n) is 13.7. The number of nitrogens with two attached hydrogens (primary N) is 2. The molecule has 25 heavy (non-hydrogen) atoms. The van der Waals surface area contributed by atoms with Crippen LogP contribution >= 0.6 is 23.2 Å². The molecule has 0 saturated carbocycles. The summed E-state index contributed by atoms with van der Waals surface area (Å²) in [4.78, 5) is -0.260. The number of sulfonamides is 1. The lowest BCUT2D eigenvalue weighted by molar-refractivity contribution is -0.0285. The molecule has 8 heteroatoms. The minimum atomic E-state index is -3.99. The van der Waals surface area contributed by atoms with E-state index in [9.17, 15) is 8.42 Å². The van der Waals surface area contributed by atoms with Gasteiger partial charge in [0.1, 0.15) is 15.7 Å². The first-order valence-corrected chi connectivity index (χ1v) is 9.85. The molecule has 1 atom stereocenters. The zero-order valence-corrected chi connectivity index (χ0v) is 16.0. The van der Waals surface area contributed by atoms with Crippen LogP contribution in [-0.4, -0.2) is 8.42 Å². The van der Waals surface area contributed by atoms with Crippen LogP contribution in [0.25, 0.3) is 0 Å². The molecule has 1 aliphatic rings. The van der Waals surface area contributed by atoms with Crippen LogP contribution < -0.4 is 15.6 Å². The van der Waals surface area contributed by atoms with Crippen LogP contribution in [0.15, 0.2) is 41.3 Å². The molecule has 0 bridgehead atoms. The van der Waals surface area contributed by atoms with Gasteiger partial charge in [-0.1, -0.05) is 61.3 Å². The van der Waals surface area contributed by atoms with E-state index in [1.807, 2.05) is 38.1 Å². The Balaban J connectivity index is 2.10. The molecular formula is C17H18Cl2N2O3S. The maximum atomic E-state index is 11.6. The van der Waals surface area contributed by atoms with Crippen molar-refractivity contribution in [1.82, 2.24) is 0 Å². The average Bonchev–Trinajstić information content (AvgIpc) is 2.70. The molecule has 1 aliphatic carbocycles. The fourth-order valence-electron chi connectivity index (χ4n) is 3.19. The Labute approximate surface area is 156 Å². The van der Waals surface area contributed by atoms with E-state index in [0.29, 0.717) is 0 Å². The Morgan fingerprint density at radius 3 is 2.36 bits per heavy atom. The van der Waals surface area contributed by atoms with Crippen LogP contribution in [-0.2, 0) is 22.2 Å². The van der Waals surface area contributed by atoms with Gasteiger partial charge in [-0.25, -0.2) is 13.6 Å². The highest BCUT2D eigenvalue weighted by Gasteiger charge is 2.52. The predicted molar refractivity (Wildman–Crippen MR) is 98.3 cm³/mol. The minimum absolute atomic E-state index is 0.0433. The number of fused-ring (bicyclic) bond motifs is 1. The molecule has 1 unspecified atom stereocenters. The second kappa shape index (κ2) is 5.86. The summed E-state index contributed by atoms with van der Waals surface area (Å²) in [5.74, 6) is 0.200. The third kappa shape index (κ3) is 2.92. The first kappa shape index (κ1) is 18.5. The minimum Gasteiger partial charge on any atom is -0.467 e. The van der Waals surface area contributed by atoms with Gasteiger partial charge in [0.25, 0.3) is 0 Å². The summed E-state index contributed by atoms with van der Waals surface area (Å²) in [6.45, 7) is 4.00. The van der Waals surface area contributed by atoms with Gasteiger partial charge in [0.2, 0.25) is 10.0 Å². The van der Waals surface area contributed by atoms with E-state index < -0.39 is 21.2 Å². The molecule has 0 amide bonds. The van der Waals surface area contributed by atoms with E-state index in [2.05, 4.69) is 0 Å². The monoisotopic (exact) mass is 400 g/mol. The topological polar surface area (TPSA) is 95.4 Å². The summed E-state index contributed by atoms with van der Waals surface area (Å²) >= 11 is 12.3. The van der Waals surface area contributed by atoms with Gasteiger partial charge in [0.05, 0.1) is 5.02 Å². The third-order valence-corrected chi connectivity index (χ3v) is 6.57. The highest BCUT2D eigenvalue weighted by Crippen LogP contribution is 2.50. The van der Waals surface area contributed by atoms with E-state index in [1.165, 1.54) is 12.1 Å². The predicted octanol–water partition coefficient (Wildman–Crippen LogP) is 3.41. The van der Waals surface area contributed by atoms with Crippen molar-refractivity contribution in [3.8, 4) is 5.75 Å². The highest BCUT2D eigenvalue weighted by atomic mass is 35.5. The smallest absolute Gasteiger partial charge is 0.239 e. The molecule has 4 N–H and O–H groups in total. The van der Waals surface area contributed by atoms with Crippen molar-refractivity contribution in [2.45, 2.75) is 30.9 Å². The maximum absolute atomic E-state index is 11.6. The summed E-state index contributed by atoms with van der Waals surface area (Å²) in [7, 11) is -3.99. The molecule has 0 aliphatic heterocycles. The van der Waals surface area contributed by atoms with Gasteiger partial charge in [0, 0.05) is 11.0 Å². The lowest BCUT2D eigenvalue weighted by Gasteiger charge is -2.39. The zero-order chi connectivity index (χ0) is 18.6. The Morgan fingerprint density at radius 1 is 1.08 bits per heavy atom. The van der Waals surface area contributed by atoms with E-state index in [0.717, 1.165) is 17.5 Å². The summed E-state index contributed by atoms with van der Waals surface area (Å²) in [6.07, 6.45) is 0.736. The molecule has 134 valence electrons. The number of hydrogen-bond acceptors (Lipinski definition) is 4. The second-order valence-corrected chi connectivity index (χ2v) is 9.08. The average molecular weight is 401 g/mol. The van der Waals surface area contributed by atoms with Crippen molar-refractivity contribution in [2.75, 3.05) is 0 Å². The molecule has 2 aromatic carbocycles. The lowest BCUT2D eigenvalue weighted by Crippen LogP contribution is -2.51.